The summed E-state index contributed by atoms with van der Waals surface area (Å²) in [5.74, 6) is -0.289. The number of rotatable bonds is 29. The zero-order valence-corrected chi connectivity index (χ0v) is 28.1. The summed E-state index contributed by atoms with van der Waals surface area (Å²) in [7, 11) is 0. The molecule has 1 atom stereocenters. The molecule has 4 nitrogen and oxygen atoms in total. The van der Waals surface area contributed by atoms with Crippen LogP contribution in [0, 0.1) is 0 Å². The van der Waals surface area contributed by atoms with Gasteiger partial charge in [-0.2, -0.15) is 0 Å². The van der Waals surface area contributed by atoms with Crippen molar-refractivity contribution in [1.29, 1.82) is 0 Å². The van der Waals surface area contributed by atoms with E-state index in [0.29, 0.717) is 12.1 Å². The summed E-state index contributed by atoms with van der Waals surface area (Å²) < 4.78 is 0. The molecule has 4 heteroatoms. The van der Waals surface area contributed by atoms with E-state index < -0.39 is 6.04 Å². The molecule has 0 bridgehead atoms. The van der Waals surface area contributed by atoms with E-state index >= 15 is 0 Å². The predicted molar refractivity (Wildman–Crippen MR) is 182 cm³/mol. The van der Waals surface area contributed by atoms with Crippen molar-refractivity contribution in [3.05, 3.63) is 35.4 Å². The third-order valence-electron chi connectivity index (χ3n) is 8.61. The highest BCUT2D eigenvalue weighted by Crippen LogP contribution is 2.15. The number of amides is 2. The predicted octanol–water partition coefficient (Wildman–Crippen LogP) is 10.9. The third-order valence-corrected chi connectivity index (χ3v) is 8.61. The first-order valence-corrected chi connectivity index (χ1v) is 18.3. The van der Waals surface area contributed by atoms with Crippen LogP contribution in [0.15, 0.2) is 24.3 Å². The number of nitrogens with one attached hydrogen (secondary N) is 2. The Morgan fingerprint density at radius 3 is 1.36 bits per heavy atom. The van der Waals surface area contributed by atoms with Crippen LogP contribution >= 0.6 is 0 Å². The minimum atomic E-state index is -0.531. The van der Waals surface area contributed by atoms with Gasteiger partial charge in [0.15, 0.2) is 0 Å². The molecule has 242 valence electrons. The lowest BCUT2D eigenvalue weighted by Crippen LogP contribution is -2.45. The van der Waals surface area contributed by atoms with Crippen LogP contribution in [0.3, 0.4) is 0 Å². The van der Waals surface area contributed by atoms with Gasteiger partial charge in [0.1, 0.15) is 6.04 Å². The minimum absolute atomic E-state index is 0.103. The molecule has 1 aromatic rings. The summed E-state index contributed by atoms with van der Waals surface area (Å²) in [5.41, 5.74) is 1.88. The highest BCUT2D eigenvalue weighted by Gasteiger charge is 2.16. The van der Waals surface area contributed by atoms with Crippen LogP contribution in [0.4, 0.5) is 0 Å². The average molecular weight is 585 g/mol. The fourth-order valence-corrected chi connectivity index (χ4v) is 5.67. The van der Waals surface area contributed by atoms with Gasteiger partial charge in [-0.15, -0.1) is 0 Å². The molecule has 2 N–H and O–H groups in total. The second-order valence-corrected chi connectivity index (χ2v) is 12.7. The molecule has 0 spiro atoms. The normalized spacial score (nSPS) is 11.9. The molecule has 0 heterocycles. The summed E-state index contributed by atoms with van der Waals surface area (Å²) in [6, 6.07) is 7.27. The van der Waals surface area contributed by atoms with Gasteiger partial charge in [-0.05, 0) is 43.9 Å². The molecule has 1 unspecified atom stereocenters. The lowest BCUT2D eigenvalue weighted by molar-refractivity contribution is -0.122. The zero-order valence-electron chi connectivity index (χ0n) is 28.1. The van der Waals surface area contributed by atoms with Gasteiger partial charge in [0.2, 0.25) is 5.91 Å². The van der Waals surface area contributed by atoms with Crippen molar-refractivity contribution in [3.63, 3.8) is 0 Å². The SMILES string of the molecule is CCCCCCCCCCCCCCCCCCCCCCNC(=O)C(C)NC(=O)c1ccc(CCCCCC)cc1. The molecular formula is C38H68N2O2. The third kappa shape index (κ3) is 21.8. The van der Waals surface area contributed by atoms with Crippen LogP contribution in [-0.4, -0.2) is 24.4 Å². The lowest BCUT2D eigenvalue weighted by atomic mass is 10.0. The van der Waals surface area contributed by atoms with Crippen LogP contribution in [0.1, 0.15) is 191 Å². The molecular weight excluding hydrogens is 516 g/mol. The van der Waals surface area contributed by atoms with Gasteiger partial charge in [-0.25, -0.2) is 0 Å². The molecule has 1 aromatic carbocycles. The van der Waals surface area contributed by atoms with Gasteiger partial charge in [0.25, 0.3) is 5.91 Å². The maximum Gasteiger partial charge on any atom is 0.251 e. The smallest absolute Gasteiger partial charge is 0.251 e. The Kier molecular flexibility index (Phi) is 25.4. The maximum atomic E-state index is 12.5. The minimum Gasteiger partial charge on any atom is -0.354 e. The van der Waals surface area contributed by atoms with Gasteiger partial charge < -0.3 is 10.6 Å². The second-order valence-electron chi connectivity index (χ2n) is 12.7. The molecule has 42 heavy (non-hydrogen) atoms. The van der Waals surface area contributed by atoms with Gasteiger partial charge in [0, 0.05) is 12.1 Å². The molecule has 0 aliphatic rings. The van der Waals surface area contributed by atoms with E-state index in [1.54, 1.807) is 6.92 Å². The van der Waals surface area contributed by atoms with Gasteiger partial charge in [-0.3, -0.25) is 9.59 Å². The van der Waals surface area contributed by atoms with Crippen molar-refractivity contribution in [3.8, 4) is 0 Å². The fraction of sp³-hybridized carbons (Fsp3) is 0.789. The molecule has 0 saturated carbocycles. The molecule has 0 saturated heterocycles. The van der Waals surface area contributed by atoms with E-state index in [1.165, 1.54) is 147 Å². The molecule has 0 fully saturated rings. The van der Waals surface area contributed by atoms with E-state index in [0.717, 1.165) is 19.3 Å². The van der Waals surface area contributed by atoms with E-state index in [1.807, 2.05) is 24.3 Å². The van der Waals surface area contributed by atoms with E-state index in [9.17, 15) is 9.59 Å². The van der Waals surface area contributed by atoms with Crippen molar-refractivity contribution in [1.82, 2.24) is 10.6 Å². The number of carbonyl (C=O) groups is 2. The number of unbranched alkanes of at least 4 members (excludes halogenated alkanes) is 22. The number of hydrogen-bond donors (Lipinski definition) is 2. The Morgan fingerprint density at radius 1 is 0.548 bits per heavy atom. The topological polar surface area (TPSA) is 58.2 Å². The quantitative estimate of drug-likeness (QED) is 0.0920. The summed E-state index contributed by atoms with van der Waals surface area (Å²) in [5, 5.41) is 5.83. The second kappa shape index (κ2) is 28.0. The number of aryl methyl sites for hydroxylation is 1. The van der Waals surface area contributed by atoms with Gasteiger partial charge in [0.05, 0.1) is 0 Å². The molecule has 2 amide bonds. The molecule has 0 aliphatic heterocycles. The average Bonchev–Trinajstić information content (AvgIpc) is 3.00. The highest BCUT2D eigenvalue weighted by molar-refractivity contribution is 5.97. The Labute approximate surface area is 261 Å². The van der Waals surface area contributed by atoms with Crippen molar-refractivity contribution >= 4 is 11.8 Å². The summed E-state index contributed by atoms with van der Waals surface area (Å²) >= 11 is 0. The van der Waals surface area contributed by atoms with Gasteiger partial charge in [-0.1, -0.05) is 167 Å². The molecule has 0 aromatic heterocycles. The van der Waals surface area contributed by atoms with Crippen LogP contribution in [0.25, 0.3) is 0 Å². The van der Waals surface area contributed by atoms with Crippen LogP contribution in [0.5, 0.6) is 0 Å². The van der Waals surface area contributed by atoms with Crippen LogP contribution < -0.4 is 10.6 Å². The Bertz CT molecular complexity index is 761. The number of hydrogen-bond acceptors (Lipinski definition) is 2. The number of carbonyl (C=O) groups excluding carboxylic acids is 2. The Balaban J connectivity index is 1.91. The fourth-order valence-electron chi connectivity index (χ4n) is 5.67. The first-order valence-electron chi connectivity index (χ1n) is 18.3. The summed E-state index contributed by atoms with van der Waals surface area (Å²) in [6.45, 7) is 6.95. The first kappa shape index (κ1) is 38.2. The van der Waals surface area contributed by atoms with Crippen LogP contribution in [0.2, 0.25) is 0 Å². The lowest BCUT2D eigenvalue weighted by Gasteiger charge is -2.14. The van der Waals surface area contributed by atoms with Crippen molar-refractivity contribution in [2.75, 3.05) is 6.54 Å². The Hall–Kier alpha value is -1.84. The largest absolute Gasteiger partial charge is 0.354 e. The Morgan fingerprint density at radius 2 is 0.929 bits per heavy atom. The molecule has 0 aliphatic carbocycles. The monoisotopic (exact) mass is 585 g/mol. The van der Waals surface area contributed by atoms with Crippen molar-refractivity contribution in [2.45, 2.75) is 187 Å². The van der Waals surface area contributed by atoms with Crippen LogP contribution in [-0.2, 0) is 11.2 Å². The van der Waals surface area contributed by atoms with Crippen molar-refractivity contribution < 1.29 is 9.59 Å². The van der Waals surface area contributed by atoms with E-state index in [2.05, 4.69) is 24.5 Å². The molecule has 0 radical (unpaired) electrons. The standard InChI is InChI=1S/C38H68N2O2/c1-4-6-8-10-11-12-13-14-15-16-17-18-19-20-21-22-23-24-25-27-33-39-37(41)34(3)40-38(42)36-31-29-35(30-32-36)28-26-9-7-5-2/h29-32,34H,4-28,33H2,1-3H3,(H,39,41)(H,40,42). The first-order chi connectivity index (χ1) is 20.6. The molecule has 1 rings (SSSR count). The van der Waals surface area contributed by atoms with Gasteiger partial charge >= 0.3 is 0 Å². The van der Waals surface area contributed by atoms with Crippen molar-refractivity contribution in [2.24, 2.45) is 0 Å². The van der Waals surface area contributed by atoms with E-state index in [-0.39, 0.29) is 11.8 Å². The summed E-state index contributed by atoms with van der Waals surface area (Å²) in [4.78, 5) is 25.0. The zero-order chi connectivity index (χ0) is 30.5. The highest BCUT2D eigenvalue weighted by atomic mass is 16.2. The maximum absolute atomic E-state index is 12.5. The summed E-state index contributed by atoms with van der Waals surface area (Å²) in [6.07, 6.45) is 33.4. The van der Waals surface area contributed by atoms with E-state index in [4.69, 9.17) is 0 Å². The number of benzene rings is 1.